The number of carbonyl (C=O) groups excluding carboxylic acids is 4. The number of Topliss-reactive ketones (excluding diaryl/α,β-unsaturated/α-hetero) is 1. The SMILES string of the molecule is CC(C)Oc1ccc(-c2cc(O[C@@H]3C[C@H]4C(=O)C[C@]5(C(=O)NS(=O)(=O)C6(C)CC6)C[C@H]5/C=C\CC[C@@H](C)C[C@@H](C)[C@H](CC(=O)OC5(C(F)(F)F)CCCOC5)C(=O)N4C3)cc(-c3ccccn3)n2)cc1. The predicted octanol–water partition coefficient (Wildman–Crippen LogP) is 8.58. The zero-order valence-corrected chi connectivity index (χ0v) is 41.2. The van der Waals surface area contributed by atoms with Crippen LogP contribution >= 0.6 is 0 Å². The van der Waals surface area contributed by atoms with Crippen molar-refractivity contribution < 1.29 is 59.7 Å². The zero-order valence-electron chi connectivity index (χ0n) is 40.3. The number of ketones is 1. The highest BCUT2D eigenvalue weighted by Gasteiger charge is 2.63. The van der Waals surface area contributed by atoms with Gasteiger partial charge in [0.05, 0.1) is 64.9 Å². The van der Waals surface area contributed by atoms with E-state index in [0.717, 1.165) is 5.56 Å². The molecule has 4 fully saturated rings. The molecule has 2 amide bonds. The summed E-state index contributed by atoms with van der Waals surface area (Å²) in [6, 6.07) is 15.0. The van der Waals surface area contributed by atoms with E-state index in [1.807, 2.05) is 63.3 Å². The summed E-state index contributed by atoms with van der Waals surface area (Å²) in [6.07, 6.45) is 0.635. The molecule has 18 heteroatoms. The van der Waals surface area contributed by atoms with Gasteiger partial charge in [0.2, 0.25) is 27.4 Å². The molecule has 70 heavy (non-hydrogen) atoms. The lowest BCUT2D eigenvalue weighted by molar-refractivity contribution is -0.295. The van der Waals surface area contributed by atoms with Crippen LogP contribution in [-0.4, -0.2) is 101 Å². The van der Waals surface area contributed by atoms with Crippen molar-refractivity contribution in [1.29, 1.82) is 0 Å². The summed E-state index contributed by atoms with van der Waals surface area (Å²) < 4.78 is 94.8. The predicted molar refractivity (Wildman–Crippen MR) is 252 cm³/mol. The molecule has 8 rings (SSSR count). The number of nitrogens with zero attached hydrogens (tertiary/aromatic N) is 3. The topological polar surface area (TPSA) is 180 Å². The molecule has 1 aromatic carbocycles. The normalized spacial score (nSPS) is 29.7. The van der Waals surface area contributed by atoms with Crippen LogP contribution in [-0.2, 0) is 38.7 Å². The Balaban J connectivity index is 1.14. The number of allylic oxidation sites excluding steroid dienone is 2. The molecule has 1 N–H and O–H groups in total. The number of sulfonamides is 1. The van der Waals surface area contributed by atoms with E-state index in [4.69, 9.17) is 23.9 Å². The number of fused-ring (bicyclic) bond motifs is 2. The van der Waals surface area contributed by atoms with Gasteiger partial charge >= 0.3 is 12.1 Å². The molecule has 5 aliphatic rings. The van der Waals surface area contributed by atoms with Crippen molar-refractivity contribution in [2.24, 2.45) is 29.1 Å². The Bertz CT molecular complexity index is 2570. The number of alkyl halides is 3. The number of rotatable bonds is 12. The molecular weight excluding hydrogens is 930 g/mol. The van der Waals surface area contributed by atoms with Crippen LogP contribution in [0.2, 0.25) is 0 Å². The molecule has 5 heterocycles. The minimum Gasteiger partial charge on any atom is -0.491 e. The molecule has 3 aromatic rings. The second-order valence-corrected chi connectivity index (χ2v) is 22.9. The van der Waals surface area contributed by atoms with Crippen LogP contribution in [0.1, 0.15) is 105 Å². The second-order valence-electron chi connectivity index (χ2n) is 20.7. The van der Waals surface area contributed by atoms with Gasteiger partial charge in [-0.2, -0.15) is 13.2 Å². The number of ether oxygens (including phenoxy) is 4. The van der Waals surface area contributed by atoms with Crippen molar-refractivity contribution in [2.75, 3.05) is 19.8 Å². The Kier molecular flexibility index (Phi) is 14.6. The minimum atomic E-state index is -4.94. The maximum absolute atomic E-state index is 15.3. The Morgan fingerprint density at radius 1 is 0.986 bits per heavy atom. The van der Waals surface area contributed by atoms with Gasteiger partial charge in [-0.3, -0.25) is 28.9 Å². The molecule has 2 saturated carbocycles. The van der Waals surface area contributed by atoms with Crippen molar-refractivity contribution in [3.05, 3.63) is 72.9 Å². The summed E-state index contributed by atoms with van der Waals surface area (Å²) in [5.41, 5.74) is -1.98. The number of carbonyl (C=O) groups is 4. The van der Waals surface area contributed by atoms with Gasteiger partial charge in [0.25, 0.3) is 0 Å². The molecule has 0 bridgehead atoms. The Hall–Kier alpha value is -5.36. The number of nitrogens with one attached hydrogen (secondary N) is 1. The fourth-order valence-corrected chi connectivity index (χ4v) is 11.5. The average Bonchev–Trinajstić information content (AvgIpc) is 4.19. The highest BCUT2D eigenvalue weighted by atomic mass is 32.2. The number of aromatic nitrogens is 2. The third-order valence-electron chi connectivity index (χ3n) is 14.8. The third-order valence-corrected chi connectivity index (χ3v) is 16.9. The maximum Gasteiger partial charge on any atom is 0.430 e. The molecule has 2 saturated heterocycles. The van der Waals surface area contributed by atoms with E-state index in [2.05, 4.69) is 9.71 Å². The van der Waals surface area contributed by atoms with Crippen LogP contribution in [0.25, 0.3) is 22.6 Å². The van der Waals surface area contributed by atoms with Crippen LogP contribution in [0.4, 0.5) is 13.2 Å². The Morgan fingerprint density at radius 2 is 1.73 bits per heavy atom. The maximum atomic E-state index is 15.3. The van der Waals surface area contributed by atoms with E-state index in [0.29, 0.717) is 60.7 Å². The highest BCUT2D eigenvalue weighted by molar-refractivity contribution is 7.91. The molecule has 14 nitrogen and oxygen atoms in total. The van der Waals surface area contributed by atoms with Crippen molar-refractivity contribution in [2.45, 2.75) is 140 Å². The number of benzene rings is 1. The zero-order chi connectivity index (χ0) is 50.2. The number of halogens is 3. The summed E-state index contributed by atoms with van der Waals surface area (Å²) in [4.78, 5) is 69.1. The lowest BCUT2D eigenvalue weighted by atomic mass is 9.82. The van der Waals surface area contributed by atoms with Crippen LogP contribution < -0.4 is 14.2 Å². The van der Waals surface area contributed by atoms with E-state index in [1.165, 1.54) is 4.90 Å². The van der Waals surface area contributed by atoms with Crippen molar-refractivity contribution in [1.82, 2.24) is 19.6 Å². The summed E-state index contributed by atoms with van der Waals surface area (Å²) in [5, 5.41) is 0. The molecule has 0 spiro atoms. The Labute approximate surface area is 407 Å². The van der Waals surface area contributed by atoms with Crippen LogP contribution in [0.5, 0.6) is 11.5 Å². The summed E-state index contributed by atoms with van der Waals surface area (Å²) in [5.74, 6) is -4.35. The van der Waals surface area contributed by atoms with E-state index in [9.17, 15) is 36.0 Å². The first-order valence-corrected chi connectivity index (χ1v) is 25.9. The third kappa shape index (κ3) is 11.1. The van der Waals surface area contributed by atoms with Crippen LogP contribution in [0.15, 0.2) is 72.9 Å². The minimum absolute atomic E-state index is 0.0127. The van der Waals surface area contributed by atoms with E-state index in [1.54, 1.807) is 44.3 Å². The van der Waals surface area contributed by atoms with Gasteiger partial charge < -0.3 is 23.8 Å². The monoisotopic (exact) mass is 992 g/mol. The first-order valence-electron chi connectivity index (χ1n) is 24.4. The van der Waals surface area contributed by atoms with Gasteiger partial charge in [0, 0.05) is 49.8 Å². The fraction of sp³-hybridized carbons (Fsp3) is 0.577. The molecule has 2 aromatic heterocycles. The lowest BCUT2D eigenvalue weighted by Crippen LogP contribution is -2.55. The van der Waals surface area contributed by atoms with Gasteiger partial charge in [-0.05, 0) is 120 Å². The van der Waals surface area contributed by atoms with Gasteiger partial charge in [0.15, 0.2) is 5.78 Å². The Morgan fingerprint density at radius 3 is 2.39 bits per heavy atom. The van der Waals surface area contributed by atoms with Gasteiger partial charge in [-0.1, -0.05) is 32.1 Å². The fourth-order valence-electron chi connectivity index (χ4n) is 10.2. The van der Waals surface area contributed by atoms with Crippen molar-refractivity contribution in [3.63, 3.8) is 0 Å². The smallest absolute Gasteiger partial charge is 0.430 e. The van der Waals surface area contributed by atoms with Crippen molar-refractivity contribution >= 4 is 33.6 Å². The summed E-state index contributed by atoms with van der Waals surface area (Å²) in [6.45, 7) is 8.25. The molecular formula is C52H63F3N4O10S. The standard InChI is InChI=1S/C52H63F3N4O10S/c1-32(2)67-37-16-14-35(15-17-37)42-24-38(25-43(57-42)41-13-8-9-21-56-41)68-39-26-44-45(60)29-50(48(63)58-70(64,65)49(5)19-20-49)28-36(50)12-7-6-11-33(3)23-34(4)40(47(62)59(44)30-39)27-46(61)69-51(52(53,54)55)18-10-22-66-31-51/h7-9,12-17,21,24-25,32-34,36,39-40,44H,6,10-11,18-20,22-23,26-31H2,1-5H3,(H,58,63)/b12-7-/t33-,34-,36-,39-,40+,44+,50-,51?/m1/s1. The van der Waals surface area contributed by atoms with E-state index < -0.39 is 111 Å². The van der Waals surface area contributed by atoms with Gasteiger partial charge in [-0.15, -0.1) is 0 Å². The number of esters is 1. The van der Waals surface area contributed by atoms with Crippen LogP contribution in [0.3, 0.4) is 0 Å². The number of hydrogen-bond donors (Lipinski definition) is 1. The molecule has 2 aliphatic carbocycles. The summed E-state index contributed by atoms with van der Waals surface area (Å²) >= 11 is 0. The molecule has 378 valence electrons. The lowest BCUT2D eigenvalue weighted by Gasteiger charge is -2.38. The van der Waals surface area contributed by atoms with Crippen molar-refractivity contribution in [3.8, 4) is 34.1 Å². The van der Waals surface area contributed by atoms with E-state index >= 15 is 4.79 Å². The number of hydrogen-bond acceptors (Lipinski definition) is 12. The molecule has 8 atom stereocenters. The molecule has 3 aliphatic heterocycles. The van der Waals surface area contributed by atoms with Gasteiger partial charge in [0.1, 0.15) is 17.6 Å². The molecule has 1 unspecified atom stereocenters. The quantitative estimate of drug-likeness (QED) is 0.135. The molecule has 0 radical (unpaired) electrons. The first-order chi connectivity index (χ1) is 33.1. The van der Waals surface area contributed by atoms with E-state index in [-0.39, 0.29) is 44.4 Å². The second kappa shape index (κ2) is 20.0. The first kappa shape index (κ1) is 51.0. The summed E-state index contributed by atoms with van der Waals surface area (Å²) in [7, 11) is -4.07. The van der Waals surface area contributed by atoms with Crippen LogP contribution in [0, 0.1) is 29.1 Å². The highest BCUT2D eigenvalue weighted by Crippen LogP contribution is 2.58. The largest absolute Gasteiger partial charge is 0.491 e. The average molecular weight is 993 g/mol. The number of pyridine rings is 2. The van der Waals surface area contributed by atoms with Gasteiger partial charge in [-0.25, -0.2) is 13.4 Å². The number of amides is 2.